The summed E-state index contributed by atoms with van der Waals surface area (Å²) in [6.07, 6.45) is 3.20. The molecule has 6 nitrogen and oxygen atoms in total. The molecule has 4 heterocycles. The highest BCUT2D eigenvalue weighted by Crippen LogP contribution is 2.53. The standard InChI is InChI=1S/C21H24N2O4/c1-12-14-10-23-8-7-21(16-5-3-4-6-17(16)22-20(21)25)18(23)9-13(14)15(11-27-12)19(24)26-2/h3-6,11-14,18H,7-10H2,1-2H3,(H,22,25)/t12-,13+,14-,18-,21-/m1/s1. The Kier molecular flexibility index (Phi) is 3.63. The molecule has 1 aromatic carbocycles. The van der Waals surface area contributed by atoms with Gasteiger partial charge in [-0.25, -0.2) is 4.79 Å². The third kappa shape index (κ3) is 2.16. The van der Waals surface area contributed by atoms with E-state index in [0.717, 1.165) is 37.2 Å². The van der Waals surface area contributed by atoms with Crippen LogP contribution in [0.15, 0.2) is 36.1 Å². The Balaban J connectivity index is 1.55. The van der Waals surface area contributed by atoms with Crippen molar-refractivity contribution in [3.8, 4) is 0 Å². The summed E-state index contributed by atoms with van der Waals surface area (Å²) in [5.41, 5.74) is 2.11. The fourth-order valence-electron chi connectivity index (χ4n) is 5.77. The van der Waals surface area contributed by atoms with Crippen LogP contribution in [0.3, 0.4) is 0 Å². The van der Waals surface area contributed by atoms with Crippen LogP contribution in [0, 0.1) is 11.8 Å². The van der Waals surface area contributed by atoms with Gasteiger partial charge in [0.25, 0.3) is 0 Å². The quantitative estimate of drug-likeness (QED) is 0.769. The smallest absolute Gasteiger partial charge is 0.337 e. The number of ether oxygens (including phenoxy) is 2. The van der Waals surface area contributed by atoms with Crippen molar-refractivity contribution in [2.24, 2.45) is 11.8 Å². The van der Waals surface area contributed by atoms with Crippen LogP contribution in [0.25, 0.3) is 0 Å². The molecule has 2 saturated heterocycles. The Bertz CT molecular complexity index is 850. The van der Waals surface area contributed by atoms with Crippen molar-refractivity contribution in [1.29, 1.82) is 0 Å². The first-order valence-electron chi connectivity index (χ1n) is 9.65. The van der Waals surface area contributed by atoms with Crippen molar-refractivity contribution in [2.45, 2.75) is 37.3 Å². The van der Waals surface area contributed by atoms with E-state index in [1.807, 2.05) is 18.2 Å². The second kappa shape index (κ2) is 5.83. The van der Waals surface area contributed by atoms with E-state index < -0.39 is 5.41 Å². The fraction of sp³-hybridized carbons (Fsp3) is 0.524. The Labute approximate surface area is 158 Å². The number of piperidine rings is 1. The van der Waals surface area contributed by atoms with Crippen LogP contribution < -0.4 is 5.32 Å². The maximum Gasteiger partial charge on any atom is 0.337 e. The number of nitrogens with one attached hydrogen (secondary N) is 1. The molecule has 4 aliphatic rings. The Morgan fingerprint density at radius 2 is 2.19 bits per heavy atom. The average molecular weight is 368 g/mol. The molecule has 6 heteroatoms. The number of esters is 1. The van der Waals surface area contributed by atoms with Gasteiger partial charge in [0.05, 0.1) is 30.5 Å². The monoisotopic (exact) mass is 368 g/mol. The Morgan fingerprint density at radius 3 is 3.00 bits per heavy atom. The summed E-state index contributed by atoms with van der Waals surface area (Å²) in [6, 6.07) is 8.10. The zero-order valence-corrected chi connectivity index (χ0v) is 15.6. The lowest BCUT2D eigenvalue weighted by atomic mass is 9.66. The molecule has 27 heavy (non-hydrogen) atoms. The summed E-state index contributed by atoms with van der Waals surface area (Å²) < 4.78 is 10.8. The lowest BCUT2D eigenvalue weighted by molar-refractivity contribution is -0.139. The summed E-state index contributed by atoms with van der Waals surface area (Å²) in [7, 11) is 1.41. The number of methoxy groups -OCH3 is 1. The summed E-state index contributed by atoms with van der Waals surface area (Å²) >= 11 is 0. The van der Waals surface area contributed by atoms with Crippen molar-refractivity contribution in [3.63, 3.8) is 0 Å². The molecule has 1 N–H and O–H groups in total. The average Bonchev–Trinajstić information content (AvgIpc) is 3.20. The van der Waals surface area contributed by atoms with Crippen molar-refractivity contribution in [1.82, 2.24) is 4.90 Å². The summed E-state index contributed by atoms with van der Waals surface area (Å²) in [6.45, 7) is 3.79. The molecule has 4 aliphatic heterocycles. The first-order chi connectivity index (χ1) is 13.1. The lowest BCUT2D eigenvalue weighted by Gasteiger charge is -2.48. The second-order valence-corrected chi connectivity index (χ2v) is 8.14. The molecule has 0 unspecified atom stereocenters. The molecule has 142 valence electrons. The highest BCUT2D eigenvalue weighted by atomic mass is 16.5. The number of anilines is 1. The number of benzene rings is 1. The highest BCUT2D eigenvalue weighted by Gasteiger charge is 2.61. The third-order valence-corrected chi connectivity index (χ3v) is 7.14. The van der Waals surface area contributed by atoms with Gasteiger partial charge in [-0.3, -0.25) is 9.69 Å². The van der Waals surface area contributed by atoms with Crippen molar-refractivity contribution in [3.05, 3.63) is 41.7 Å². The molecule has 0 aromatic heterocycles. The van der Waals surface area contributed by atoms with Crippen LogP contribution in [-0.2, 0) is 24.5 Å². The van der Waals surface area contributed by atoms with E-state index in [4.69, 9.17) is 9.47 Å². The lowest BCUT2D eigenvalue weighted by Crippen LogP contribution is -2.56. The van der Waals surface area contributed by atoms with Crippen LogP contribution in [0.2, 0.25) is 0 Å². The van der Waals surface area contributed by atoms with E-state index in [1.165, 1.54) is 7.11 Å². The van der Waals surface area contributed by atoms with Gasteiger partial charge in [-0.05, 0) is 37.9 Å². The van der Waals surface area contributed by atoms with Gasteiger partial charge in [0.15, 0.2) is 0 Å². The van der Waals surface area contributed by atoms with Crippen molar-refractivity contribution in [2.75, 3.05) is 25.5 Å². The number of carbonyl (C=O) groups excluding carboxylic acids is 2. The number of para-hydroxylation sites is 1. The van der Waals surface area contributed by atoms with Gasteiger partial charge in [-0.15, -0.1) is 0 Å². The van der Waals surface area contributed by atoms with Gasteiger partial charge in [-0.2, -0.15) is 0 Å². The summed E-state index contributed by atoms with van der Waals surface area (Å²) in [5.74, 6) is 0.0558. The minimum absolute atomic E-state index is 0.0468. The second-order valence-electron chi connectivity index (χ2n) is 8.14. The van der Waals surface area contributed by atoms with E-state index >= 15 is 0 Å². The summed E-state index contributed by atoms with van der Waals surface area (Å²) in [4.78, 5) is 27.9. The van der Waals surface area contributed by atoms with Crippen LogP contribution in [0.5, 0.6) is 0 Å². The van der Waals surface area contributed by atoms with E-state index in [-0.39, 0.29) is 35.9 Å². The molecular weight excluding hydrogens is 344 g/mol. The van der Waals surface area contributed by atoms with Gasteiger partial charge >= 0.3 is 5.97 Å². The zero-order valence-electron chi connectivity index (χ0n) is 15.6. The van der Waals surface area contributed by atoms with Crippen molar-refractivity contribution < 1.29 is 19.1 Å². The van der Waals surface area contributed by atoms with Gasteiger partial charge < -0.3 is 14.8 Å². The zero-order chi connectivity index (χ0) is 18.8. The fourth-order valence-corrected chi connectivity index (χ4v) is 5.77. The normalized spacial score (nSPS) is 37.0. The number of hydrogen-bond donors (Lipinski definition) is 1. The van der Waals surface area contributed by atoms with Crippen molar-refractivity contribution >= 4 is 17.6 Å². The SMILES string of the molecule is COC(=O)C1=CO[C@H](C)[C@H]2CN3CC[C@]4(C(=O)Nc5ccccc54)[C@H]3C[C@H]12. The number of hydrogen-bond acceptors (Lipinski definition) is 5. The predicted octanol–water partition coefficient (Wildman–Crippen LogP) is 2.06. The van der Waals surface area contributed by atoms with Gasteiger partial charge in [-0.1, -0.05) is 18.2 Å². The van der Waals surface area contributed by atoms with E-state index in [9.17, 15) is 9.59 Å². The highest BCUT2D eigenvalue weighted by molar-refractivity contribution is 6.07. The molecule has 1 aromatic rings. The topological polar surface area (TPSA) is 67.9 Å². The summed E-state index contributed by atoms with van der Waals surface area (Å²) in [5, 5.41) is 3.09. The number of fused-ring (bicyclic) bond motifs is 5. The van der Waals surface area contributed by atoms with Crippen LogP contribution >= 0.6 is 0 Å². The molecule has 1 amide bonds. The minimum Gasteiger partial charge on any atom is -0.497 e. The third-order valence-electron chi connectivity index (χ3n) is 7.14. The van der Waals surface area contributed by atoms with Crippen LogP contribution in [0.4, 0.5) is 5.69 Å². The largest absolute Gasteiger partial charge is 0.497 e. The molecular formula is C21H24N2O4. The molecule has 0 saturated carbocycles. The van der Waals surface area contributed by atoms with Crippen LogP contribution in [0.1, 0.15) is 25.3 Å². The van der Waals surface area contributed by atoms with Gasteiger partial charge in [0.2, 0.25) is 5.91 Å². The number of rotatable bonds is 1. The number of carbonyl (C=O) groups is 2. The first kappa shape index (κ1) is 16.8. The van der Waals surface area contributed by atoms with E-state index in [2.05, 4.69) is 23.2 Å². The molecule has 5 atom stereocenters. The molecule has 0 radical (unpaired) electrons. The number of nitrogens with zero attached hydrogens (tertiary/aromatic N) is 1. The molecule has 0 aliphatic carbocycles. The van der Waals surface area contributed by atoms with E-state index in [0.29, 0.717) is 5.57 Å². The molecule has 5 rings (SSSR count). The maximum atomic E-state index is 13.1. The predicted molar refractivity (Wildman–Crippen MR) is 99.0 cm³/mol. The first-order valence-corrected chi connectivity index (χ1v) is 9.65. The number of amides is 1. The minimum atomic E-state index is -0.523. The van der Waals surface area contributed by atoms with Crippen LogP contribution in [-0.4, -0.2) is 49.1 Å². The Hall–Kier alpha value is -2.34. The molecule has 2 fully saturated rings. The maximum absolute atomic E-state index is 13.1. The van der Waals surface area contributed by atoms with Gasteiger partial charge in [0, 0.05) is 30.1 Å². The van der Waals surface area contributed by atoms with Gasteiger partial charge in [0.1, 0.15) is 0 Å². The molecule has 1 spiro atoms. The van der Waals surface area contributed by atoms with E-state index in [1.54, 1.807) is 6.26 Å². The molecule has 0 bridgehead atoms. The Morgan fingerprint density at radius 1 is 1.37 bits per heavy atom.